The van der Waals surface area contributed by atoms with Gasteiger partial charge in [-0.05, 0) is 330 Å². The molecule has 136 heavy (non-hydrogen) atoms. The molecule has 0 saturated carbocycles. The predicted octanol–water partition coefficient (Wildman–Crippen LogP) is 29.1. The second kappa shape index (κ2) is 31.3. The lowest BCUT2D eigenvalue weighted by atomic mass is 9.33. The molecule has 0 unspecified atom stereocenters. The Hall–Kier alpha value is -12.9. The van der Waals surface area contributed by atoms with Crippen LogP contribution >= 0.6 is 0 Å². The van der Waals surface area contributed by atoms with Crippen LogP contribution in [-0.2, 0) is 48.7 Å². The third-order valence-electron chi connectivity index (χ3n) is 30.2. The van der Waals surface area contributed by atoms with Crippen molar-refractivity contribution in [2.75, 3.05) is 34.3 Å². The lowest BCUT2D eigenvalue weighted by Crippen LogP contribution is -2.61. The van der Waals surface area contributed by atoms with Gasteiger partial charge in [-0.1, -0.05) is 314 Å². The van der Waals surface area contributed by atoms with Gasteiger partial charge in [0.25, 0.3) is 20.1 Å². The van der Waals surface area contributed by atoms with Crippen molar-refractivity contribution in [2.24, 2.45) is 0 Å². The highest BCUT2D eigenvalue weighted by Gasteiger charge is 2.50. The van der Waals surface area contributed by atoms with Crippen LogP contribution < -0.4 is 83.5 Å². The normalized spacial score (nSPS) is 14.4. The van der Waals surface area contributed by atoms with E-state index in [1.165, 1.54) is 150 Å². The summed E-state index contributed by atoms with van der Waals surface area (Å²) in [6.07, 6.45) is 0. The SMILES string of the molecule is CC(C)(C)c1ccc(N2c3ccc(N(c4ccc5c(c4)B4c6cc(C(C)(C)C)ccc6N(c6ccc(C(C)(C)C)cc6)c6cccc(c64)N5c4ccc(C(C)(C)C)cc4)c4ccc5c(c4)B4c6cc(C(C)(C)C)ccc6N(c6ccc(C(C)(C)C)cc6)c6cccc(c64)N5c4ccc(C(C)(C)C)cc4)cc3B3c4cc(C(C)(C)C)ccc4N(c4ccc(C(C)(C)C)cc4)c4cccc2c43)cc1. The molecular weight excluding hydrogens is 1640 g/mol. The Balaban J connectivity index is 0.870. The smallest absolute Gasteiger partial charge is 0.252 e. The second-order valence-corrected chi connectivity index (χ2v) is 48.9. The summed E-state index contributed by atoms with van der Waals surface area (Å²) in [5.41, 5.74) is 46.3. The van der Waals surface area contributed by atoms with E-state index in [1.54, 1.807) is 0 Å². The molecule has 6 aliphatic heterocycles. The fourth-order valence-electron chi connectivity index (χ4n) is 22.4. The van der Waals surface area contributed by atoms with Crippen molar-refractivity contribution in [1.29, 1.82) is 0 Å². The van der Waals surface area contributed by atoms with Gasteiger partial charge in [0, 0.05) is 119 Å². The van der Waals surface area contributed by atoms with E-state index in [4.69, 9.17) is 0 Å². The van der Waals surface area contributed by atoms with E-state index in [0.29, 0.717) is 0 Å². The number of anilines is 21. The molecule has 6 aliphatic rings. The zero-order valence-corrected chi connectivity index (χ0v) is 85.3. The number of rotatable bonds is 9. The van der Waals surface area contributed by atoms with E-state index in [1.807, 2.05) is 0 Å². The van der Waals surface area contributed by atoms with Gasteiger partial charge in [-0.3, -0.25) is 0 Å². The third kappa shape index (κ3) is 15.0. The van der Waals surface area contributed by atoms with Crippen LogP contribution in [0.2, 0.25) is 0 Å². The molecular formula is C126H132B3N7. The van der Waals surface area contributed by atoms with Gasteiger partial charge in [-0.25, -0.2) is 0 Å². The highest BCUT2D eigenvalue weighted by molar-refractivity contribution is 7.02. The first kappa shape index (κ1) is 89.6. The lowest BCUT2D eigenvalue weighted by Gasteiger charge is -2.45. The minimum atomic E-state index is -0.212. The summed E-state index contributed by atoms with van der Waals surface area (Å²) in [4.78, 5) is 18.2. The quantitative estimate of drug-likeness (QED) is 0.133. The Morgan fingerprint density at radius 3 is 0.463 bits per heavy atom. The molecule has 0 saturated heterocycles. The minimum absolute atomic E-state index is 0.0334. The summed E-state index contributed by atoms with van der Waals surface area (Å²) in [7, 11) is 0. The van der Waals surface area contributed by atoms with Gasteiger partial charge in [-0.2, -0.15) is 0 Å². The number of fused-ring (bicyclic) bond motifs is 12. The molecule has 0 atom stereocenters. The molecule has 7 nitrogen and oxygen atoms in total. The Bertz CT molecular complexity index is 6550. The maximum absolute atomic E-state index is 2.67. The topological polar surface area (TPSA) is 22.7 Å². The molecule has 15 aromatic carbocycles. The highest BCUT2D eigenvalue weighted by Crippen LogP contribution is 2.53. The standard InChI is InChI=1S/C126H132B3N7/c1-118(2,3)79-37-52-88(53-38-79)131-103-67-49-85(124(19,20)21)73-97(103)127-100-76-94(64-70-106(100)134(112-34-28-31-109(131)115(112)127)91-58-43-82(44-59-91)121(10,11)12)130(95-65-71-107-101(77-95)128-98-74-86(125(22,23)24)50-68-104(98)132(89-54-39-80(40-55-89)119(4,5)6)110-32-29-35-113(116(110)128)135(107)92-60-45-83(46-61-92)122(13,14)15)96-66-72-108-102(78-96)129-99-75-87(126(25,26)27)51-69-105(99)133(90-56-41-81(42-57-90)120(7,8)9)111-33-30-36-114(117(111)129)136(108)93-62-47-84(48-63-93)123(16,17)18/h28-78H,1-27H3. The van der Waals surface area contributed by atoms with Crippen molar-refractivity contribution in [3.05, 3.63) is 359 Å². The number of hydrogen-bond acceptors (Lipinski definition) is 7. The average molecular weight is 1780 g/mol. The van der Waals surface area contributed by atoms with E-state index in [0.717, 1.165) is 68.2 Å². The number of hydrogen-bond donors (Lipinski definition) is 0. The first-order valence-electron chi connectivity index (χ1n) is 49.6. The Kier molecular flexibility index (Phi) is 20.6. The van der Waals surface area contributed by atoms with Crippen LogP contribution in [0.15, 0.2) is 309 Å². The monoisotopic (exact) mass is 1780 g/mol. The van der Waals surface area contributed by atoms with Crippen LogP contribution in [0.25, 0.3) is 0 Å². The van der Waals surface area contributed by atoms with Crippen molar-refractivity contribution in [1.82, 2.24) is 0 Å². The van der Waals surface area contributed by atoms with Crippen molar-refractivity contribution in [3.63, 3.8) is 0 Å². The summed E-state index contributed by atoms with van der Waals surface area (Å²) in [5.74, 6) is 0. The van der Waals surface area contributed by atoms with Crippen LogP contribution in [0.4, 0.5) is 119 Å². The summed E-state index contributed by atoms with van der Waals surface area (Å²) in [6.45, 7) is 62.6. The predicted molar refractivity (Wildman–Crippen MR) is 591 cm³/mol. The van der Waals surface area contributed by atoms with Crippen LogP contribution in [-0.4, -0.2) is 20.1 Å². The summed E-state index contributed by atoms with van der Waals surface area (Å²) in [5, 5.41) is 0. The van der Waals surface area contributed by atoms with Gasteiger partial charge in [0.1, 0.15) is 0 Å². The fourth-order valence-corrected chi connectivity index (χ4v) is 22.4. The molecule has 6 heterocycles. The van der Waals surface area contributed by atoms with Gasteiger partial charge in [0.05, 0.1) is 0 Å². The molecule has 680 valence electrons. The molecule has 0 N–H and O–H groups in total. The minimum Gasteiger partial charge on any atom is -0.311 e. The van der Waals surface area contributed by atoms with Gasteiger partial charge in [0.2, 0.25) is 0 Å². The van der Waals surface area contributed by atoms with Crippen LogP contribution in [0.3, 0.4) is 0 Å². The number of benzene rings is 15. The van der Waals surface area contributed by atoms with Crippen molar-refractivity contribution in [2.45, 2.75) is 236 Å². The zero-order valence-electron chi connectivity index (χ0n) is 85.3. The zero-order chi connectivity index (χ0) is 95.9. The Morgan fingerprint density at radius 1 is 0.154 bits per heavy atom. The first-order valence-corrected chi connectivity index (χ1v) is 49.6. The molecule has 10 heteroatoms. The third-order valence-corrected chi connectivity index (χ3v) is 30.2. The van der Waals surface area contributed by atoms with Crippen LogP contribution in [0, 0.1) is 0 Å². The van der Waals surface area contributed by atoms with Gasteiger partial charge < -0.3 is 34.3 Å². The molecule has 0 bridgehead atoms. The fraction of sp³-hybridized carbons (Fsp3) is 0.286. The van der Waals surface area contributed by atoms with Gasteiger partial charge >= 0.3 is 0 Å². The van der Waals surface area contributed by atoms with Crippen LogP contribution in [0.1, 0.15) is 237 Å². The molecule has 0 fully saturated rings. The average Bonchev–Trinajstić information content (AvgIpc) is 0.702. The molecule has 21 rings (SSSR count). The highest BCUT2D eigenvalue weighted by atomic mass is 15.2. The number of nitrogens with zero attached hydrogens (tertiary/aromatic N) is 7. The van der Waals surface area contributed by atoms with Gasteiger partial charge in [0.15, 0.2) is 0 Å². The maximum Gasteiger partial charge on any atom is 0.252 e. The van der Waals surface area contributed by atoms with E-state index in [9.17, 15) is 0 Å². The van der Waals surface area contributed by atoms with Crippen molar-refractivity contribution >= 4 is 189 Å². The Morgan fingerprint density at radius 2 is 0.301 bits per heavy atom. The second-order valence-electron chi connectivity index (χ2n) is 48.9. The summed E-state index contributed by atoms with van der Waals surface area (Å²) in [6, 6.07) is 123. The van der Waals surface area contributed by atoms with E-state index in [2.05, 4.69) is 531 Å². The summed E-state index contributed by atoms with van der Waals surface area (Å²) < 4.78 is 0. The molecule has 0 amide bonds. The van der Waals surface area contributed by atoms with Crippen LogP contribution in [0.5, 0.6) is 0 Å². The van der Waals surface area contributed by atoms with E-state index >= 15 is 0 Å². The molecule has 0 aromatic heterocycles. The summed E-state index contributed by atoms with van der Waals surface area (Å²) >= 11 is 0. The largest absolute Gasteiger partial charge is 0.311 e. The van der Waals surface area contributed by atoms with Gasteiger partial charge in [-0.15, -0.1) is 0 Å². The Labute approximate surface area is 812 Å². The van der Waals surface area contributed by atoms with Crippen molar-refractivity contribution < 1.29 is 0 Å². The molecule has 0 radical (unpaired) electrons. The molecule has 15 aromatic rings. The first-order chi connectivity index (χ1) is 64.1. The molecule has 0 aliphatic carbocycles. The van der Waals surface area contributed by atoms with E-state index in [-0.39, 0.29) is 68.9 Å². The van der Waals surface area contributed by atoms with Crippen molar-refractivity contribution in [3.8, 4) is 0 Å². The molecule has 0 spiro atoms. The maximum atomic E-state index is 2.67. The lowest BCUT2D eigenvalue weighted by molar-refractivity contribution is 0.590. The van der Waals surface area contributed by atoms with E-state index < -0.39 is 0 Å².